The van der Waals surface area contributed by atoms with Crippen LogP contribution in [0.2, 0.25) is 0 Å². The molecule has 2 atom stereocenters. The molecule has 4 rings (SSSR count). The molecule has 2 aromatic heterocycles. The van der Waals surface area contributed by atoms with E-state index >= 15 is 4.39 Å². The number of amides is 1. The van der Waals surface area contributed by atoms with Gasteiger partial charge in [-0.2, -0.15) is 0 Å². The van der Waals surface area contributed by atoms with Crippen molar-refractivity contribution in [2.45, 2.75) is 32.5 Å². The molecule has 1 aromatic carbocycles. The number of carbonyl (C=O) groups is 1. The number of primary amides is 1. The van der Waals surface area contributed by atoms with Gasteiger partial charge in [-0.05, 0) is 31.6 Å². The second-order valence-corrected chi connectivity index (χ2v) is 8.26. The van der Waals surface area contributed by atoms with E-state index in [0.717, 1.165) is 11.3 Å². The van der Waals surface area contributed by atoms with Gasteiger partial charge in [-0.25, -0.2) is 9.82 Å². The molecule has 0 spiro atoms. The summed E-state index contributed by atoms with van der Waals surface area (Å²) in [6, 6.07) is 6.54. The maximum atomic E-state index is 15.0. The van der Waals surface area contributed by atoms with Crippen molar-refractivity contribution in [1.29, 1.82) is 0 Å². The first-order valence-corrected chi connectivity index (χ1v) is 10.6. The number of benzene rings is 1. The number of nitrogens with two attached hydrogens (primary N) is 1. The van der Waals surface area contributed by atoms with Crippen LogP contribution in [-0.4, -0.2) is 47.1 Å². The van der Waals surface area contributed by atoms with E-state index < -0.39 is 11.7 Å². The molecule has 0 bridgehead atoms. The maximum Gasteiger partial charge on any atom is 0.252 e. The van der Waals surface area contributed by atoms with Crippen molar-refractivity contribution in [3.63, 3.8) is 0 Å². The fraction of sp³-hybridized carbons (Fsp3) is 0.292. The monoisotopic (exact) mass is 450 g/mol. The third-order valence-electron chi connectivity index (χ3n) is 5.75. The largest absolute Gasteiger partial charge is 0.379 e. The quantitative estimate of drug-likeness (QED) is 0.508. The Morgan fingerprint density at radius 2 is 2.12 bits per heavy atom. The molecule has 0 aliphatic carbocycles. The van der Waals surface area contributed by atoms with E-state index in [1.54, 1.807) is 31.5 Å². The normalized spacial score (nSPS) is 16.7. The summed E-state index contributed by atoms with van der Waals surface area (Å²) < 4.78 is 20.1. The Kier molecular flexibility index (Phi) is 6.26. The van der Waals surface area contributed by atoms with Crippen LogP contribution in [0.25, 0.3) is 22.0 Å². The van der Waals surface area contributed by atoms with Crippen LogP contribution in [0.3, 0.4) is 0 Å². The summed E-state index contributed by atoms with van der Waals surface area (Å²) in [5, 5.41) is 5.92. The molecule has 3 aromatic rings. The number of rotatable bonds is 7. The van der Waals surface area contributed by atoms with Crippen molar-refractivity contribution >= 4 is 22.5 Å². The van der Waals surface area contributed by atoms with Crippen molar-refractivity contribution in [3.8, 4) is 11.1 Å². The SMILES string of the molecule is COCc1ccc(-c2cc3c(NC(C)C4NN(C)C=C4C)c(C(N)=O)cnc3cc2F)cn1. The van der Waals surface area contributed by atoms with Crippen LogP contribution in [0.15, 0.2) is 48.4 Å². The summed E-state index contributed by atoms with van der Waals surface area (Å²) in [6.07, 6.45) is 5.00. The number of ether oxygens (including phenoxy) is 1. The fourth-order valence-electron chi connectivity index (χ4n) is 4.16. The molecule has 1 amide bonds. The minimum absolute atomic E-state index is 0.0105. The van der Waals surface area contributed by atoms with E-state index in [4.69, 9.17) is 10.5 Å². The van der Waals surface area contributed by atoms with Crippen molar-refractivity contribution in [3.05, 3.63) is 65.5 Å². The van der Waals surface area contributed by atoms with E-state index in [1.807, 2.05) is 32.1 Å². The van der Waals surface area contributed by atoms with E-state index in [9.17, 15) is 4.79 Å². The first kappa shape index (κ1) is 22.6. The smallest absolute Gasteiger partial charge is 0.252 e. The fourth-order valence-corrected chi connectivity index (χ4v) is 4.16. The average Bonchev–Trinajstić information content (AvgIpc) is 3.12. The minimum Gasteiger partial charge on any atom is -0.379 e. The third-order valence-corrected chi connectivity index (χ3v) is 5.75. The Balaban J connectivity index is 1.80. The van der Waals surface area contributed by atoms with Gasteiger partial charge in [-0.15, -0.1) is 0 Å². The molecule has 2 unspecified atom stereocenters. The van der Waals surface area contributed by atoms with Crippen LogP contribution in [0.4, 0.5) is 10.1 Å². The number of methoxy groups -OCH3 is 1. The van der Waals surface area contributed by atoms with Crippen LogP contribution in [-0.2, 0) is 11.3 Å². The highest BCUT2D eigenvalue weighted by molar-refractivity contribution is 6.07. The van der Waals surface area contributed by atoms with Crippen molar-refractivity contribution in [1.82, 2.24) is 20.4 Å². The Morgan fingerprint density at radius 1 is 1.33 bits per heavy atom. The average molecular weight is 451 g/mol. The summed E-state index contributed by atoms with van der Waals surface area (Å²) >= 11 is 0. The molecule has 0 radical (unpaired) electrons. The molecule has 172 valence electrons. The van der Waals surface area contributed by atoms with Crippen LogP contribution in [0, 0.1) is 5.82 Å². The summed E-state index contributed by atoms with van der Waals surface area (Å²) in [4.78, 5) is 20.8. The number of hydrogen-bond donors (Lipinski definition) is 3. The third kappa shape index (κ3) is 4.50. The lowest BCUT2D eigenvalue weighted by atomic mass is 9.99. The van der Waals surface area contributed by atoms with E-state index in [-0.39, 0.29) is 17.6 Å². The van der Waals surface area contributed by atoms with Gasteiger partial charge in [0.1, 0.15) is 5.82 Å². The second kappa shape index (κ2) is 9.13. The van der Waals surface area contributed by atoms with Gasteiger partial charge in [0.25, 0.3) is 5.91 Å². The zero-order valence-corrected chi connectivity index (χ0v) is 19.0. The lowest BCUT2D eigenvalue weighted by Crippen LogP contribution is -2.44. The van der Waals surface area contributed by atoms with Gasteiger partial charge in [0, 0.05) is 61.4 Å². The van der Waals surface area contributed by atoms with Gasteiger partial charge in [0.2, 0.25) is 0 Å². The second-order valence-electron chi connectivity index (χ2n) is 8.26. The molecule has 0 saturated carbocycles. The predicted octanol–water partition coefficient (Wildman–Crippen LogP) is 3.20. The number of nitrogens with one attached hydrogen (secondary N) is 2. The Morgan fingerprint density at radius 3 is 2.73 bits per heavy atom. The van der Waals surface area contributed by atoms with Crippen LogP contribution >= 0.6 is 0 Å². The van der Waals surface area contributed by atoms with Gasteiger partial charge in [-0.3, -0.25) is 14.8 Å². The standard InChI is InChI=1S/C24H27FN6O2/c1-13-11-31(3)30-22(13)14(2)29-23-18-7-17(15-5-6-16(12-33-4)27-9-15)20(25)8-21(18)28-10-19(23)24(26)32/h5-11,14,22,30H,12H2,1-4H3,(H2,26,32)(H,28,29). The first-order chi connectivity index (χ1) is 15.8. The van der Waals surface area contributed by atoms with Gasteiger partial charge in [0.05, 0.1) is 35.1 Å². The molecule has 9 heteroatoms. The predicted molar refractivity (Wildman–Crippen MR) is 126 cm³/mol. The molecule has 1 aliphatic heterocycles. The molecule has 8 nitrogen and oxygen atoms in total. The number of halogens is 1. The lowest BCUT2D eigenvalue weighted by Gasteiger charge is -2.26. The van der Waals surface area contributed by atoms with Crippen molar-refractivity contribution < 1.29 is 13.9 Å². The molecular weight excluding hydrogens is 423 g/mol. The molecule has 1 aliphatic rings. The number of anilines is 1. The van der Waals surface area contributed by atoms with Crippen LogP contribution in [0.1, 0.15) is 29.9 Å². The topological polar surface area (TPSA) is 105 Å². The molecule has 33 heavy (non-hydrogen) atoms. The molecule has 3 heterocycles. The highest BCUT2D eigenvalue weighted by Gasteiger charge is 2.26. The Bertz CT molecular complexity index is 1230. The summed E-state index contributed by atoms with van der Waals surface area (Å²) in [5.41, 5.74) is 13.0. The zero-order chi connectivity index (χ0) is 23.7. The van der Waals surface area contributed by atoms with E-state index in [2.05, 4.69) is 20.7 Å². The molecule has 4 N–H and O–H groups in total. The van der Waals surface area contributed by atoms with Gasteiger partial charge >= 0.3 is 0 Å². The molecular formula is C24H27FN6O2. The van der Waals surface area contributed by atoms with Gasteiger partial charge < -0.3 is 20.8 Å². The lowest BCUT2D eigenvalue weighted by molar-refractivity contribution is 0.100. The number of aromatic nitrogens is 2. The number of pyridine rings is 2. The first-order valence-electron chi connectivity index (χ1n) is 10.6. The number of hydrazine groups is 1. The number of carbonyl (C=O) groups excluding carboxylic acids is 1. The van der Waals surface area contributed by atoms with Crippen molar-refractivity contribution in [2.75, 3.05) is 19.5 Å². The highest BCUT2D eigenvalue weighted by atomic mass is 19.1. The Hall–Kier alpha value is -3.56. The molecule has 0 fully saturated rings. The zero-order valence-electron chi connectivity index (χ0n) is 19.0. The number of nitrogens with zero attached hydrogens (tertiary/aromatic N) is 3. The maximum absolute atomic E-state index is 15.0. The Labute approximate surface area is 191 Å². The van der Waals surface area contributed by atoms with Crippen LogP contribution in [0.5, 0.6) is 0 Å². The minimum atomic E-state index is -0.612. The van der Waals surface area contributed by atoms with Crippen LogP contribution < -0.4 is 16.5 Å². The van der Waals surface area contributed by atoms with Gasteiger partial charge in [-0.1, -0.05) is 6.07 Å². The van der Waals surface area contributed by atoms with Crippen molar-refractivity contribution in [2.24, 2.45) is 5.73 Å². The number of hydrogen-bond acceptors (Lipinski definition) is 7. The van der Waals surface area contributed by atoms with E-state index in [1.165, 1.54) is 12.3 Å². The van der Waals surface area contributed by atoms with Gasteiger partial charge in [0.15, 0.2) is 0 Å². The molecule has 0 saturated heterocycles. The number of fused-ring (bicyclic) bond motifs is 1. The summed E-state index contributed by atoms with van der Waals surface area (Å²) in [7, 11) is 3.52. The summed E-state index contributed by atoms with van der Waals surface area (Å²) in [5.74, 6) is -1.04. The summed E-state index contributed by atoms with van der Waals surface area (Å²) in [6.45, 7) is 4.41. The highest BCUT2D eigenvalue weighted by Crippen LogP contribution is 2.33. The van der Waals surface area contributed by atoms with E-state index in [0.29, 0.717) is 34.3 Å².